The summed E-state index contributed by atoms with van der Waals surface area (Å²) in [5.74, 6) is -0.0246. The highest BCUT2D eigenvalue weighted by Crippen LogP contribution is 2.27. The van der Waals surface area contributed by atoms with Gasteiger partial charge in [-0.05, 0) is 98.6 Å². The third kappa shape index (κ3) is 8.67. The van der Waals surface area contributed by atoms with E-state index in [0.717, 1.165) is 60.2 Å². The number of aromatic nitrogens is 4. The molecule has 0 spiro atoms. The summed E-state index contributed by atoms with van der Waals surface area (Å²) in [6.45, 7) is 1.98. The fraction of sp³-hybridized carbons (Fsp3) is 0.289. The van der Waals surface area contributed by atoms with Gasteiger partial charge in [0, 0.05) is 42.9 Å². The number of rotatable bonds is 11. The van der Waals surface area contributed by atoms with Crippen molar-refractivity contribution in [1.29, 1.82) is 0 Å². The first kappa shape index (κ1) is 34.6. The molecule has 4 heterocycles. The molecule has 1 fully saturated rings. The molecular formula is C38H36F4N6O2. The second kappa shape index (κ2) is 15.1. The SMILES string of the molecule is CN1CCC(Nc2ccc(Cc3ncc4cc(/C=C/CCC(=O)c5cccn(Cc6ccc(C(F)(F)F)nc6)c5=O)ccc4n3)cc2F)CC1. The van der Waals surface area contributed by atoms with Crippen LogP contribution in [0.3, 0.4) is 0 Å². The van der Waals surface area contributed by atoms with Crippen molar-refractivity contribution in [1.82, 2.24) is 24.4 Å². The van der Waals surface area contributed by atoms with E-state index in [2.05, 4.69) is 32.2 Å². The average molecular weight is 685 g/mol. The van der Waals surface area contributed by atoms with E-state index in [1.54, 1.807) is 18.3 Å². The van der Waals surface area contributed by atoms with E-state index in [1.807, 2.05) is 36.4 Å². The number of carbonyl (C=O) groups is 1. The Hall–Kier alpha value is -5.23. The van der Waals surface area contributed by atoms with Crippen LogP contribution in [0.25, 0.3) is 17.0 Å². The summed E-state index contributed by atoms with van der Waals surface area (Å²) in [4.78, 5) is 40.7. The number of likely N-dealkylation sites (tertiary alicyclic amines) is 1. The molecule has 12 heteroatoms. The van der Waals surface area contributed by atoms with E-state index in [1.165, 1.54) is 29.0 Å². The van der Waals surface area contributed by atoms with Crippen molar-refractivity contribution in [3.05, 3.63) is 135 Å². The molecule has 3 aromatic heterocycles. The summed E-state index contributed by atoms with van der Waals surface area (Å²) >= 11 is 0. The first-order valence-electron chi connectivity index (χ1n) is 16.4. The number of ketones is 1. The van der Waals surface area contributed by atoms with Crippen LogP contribution in [0.15, 0.2) is 90.1 Å². The number of carbonyl (C=O) groups excluding carboxylic acids is 1. The van der Waals surface area contributed by atoms with Crippen LogP contribution >= 0.6 is 0 Å². The number of fused-ring (bicyclic) bond motifs is 1. The standard InChI is InChI=1S/C38H36F4N6O2/c1-47-17-14-29(15-18-47)45-33-12-9-26(20-31(33)39)21-36-44-23-28-19-25(8-11-32(28)46-36)5-2-3-7-34(49)30-6-4-16-48(37(30)50)24-27-10-13-35(43-22-27)38(40,41)42/h2,4-6,8-13,16,19-20,22-23,29,45H,3,7,14-15,17-18,21,24H2,1H3/b5-2+. The number of nitrogens with zero attached hydrogens (tertiary/aromatic N) is 5. The predicted molar refractivity (Wildman–Crippen MR) is 185 cm³/mol. The van der Waals surface area contributed by atoms with Gasteiger partial charge in [0.15, 0.2) is 5.78 Å². The Bertz CT molecular complexity index is 2070. The highest BCUT2D eigenvalue weighted by atomic mass is 19.4. The predicted octanol–water partition coefficient (Wildman–Crippen LogP) is 7.17. The van der Waals surface area contributed by atoms with Gasteiger partial charge in [0.1, 0.15) is 17.3 Å². The second-order valence-electron chi connectivity index (χ2n) is 12.6. The van der Waals surface area contributed by atoms with Gasteiger partial charge in [-0.3, -0.25) is 14.6 Å². The summed E-state index contributed by atoms with van der Waals surface area (Å²) in [6, 6.07) is 16.4. The third-order valence-corrected chi connectivity index (χ3v) is 8.76. The minimum atomic E-state index is -4.55. The van der Waals surface area contributed by atoms with Crippen molar-refractivity contribution in [2.75, 3.05) is 25.5 Å². The number of allylic oxidation sites excluding steroid dienone is 1. The Balaban J connectivity index is 1.02. The number of hydrogen-bond acceptors (Lipinski definition) is 7. The van der Waals surface area contributed by atoms with Gasteiger partial charge in [0.2, 0.25) is 0 Å². The van der Waals surface area contributed by atoms with Crippen molar-refractivity contribution < 1.29 is 22.4 Å². The minimum absolute atomic E-state index is 0.0136. The Labute approximate surface area is 286 Å². The van der Waals surface area contributed by atoms with Crippen LogP contribution in [0, 0.1) is 5.82 Å². The topological polar surface area (TPSA) is 93.0 Å². The highest BCUT2D eigenvalue weighted by molar-refractivity contribution is 5.95. The molecule has 0 atom stereocenters. The molecule has 1 aliphatic rings. The molecule has 2 aromatic carbocycles. The monoisotopic (exact) mass is 684 g/mol. The molecule has 258 valence electrons. The van der Waals surface area contributed by atoms with Gasteiger partial charge in [0.25, 0.3) is 5.56 Å². The Morgan fingerprint density at radius 3 is 2.54 bits per heavy atom. The van der Waals surface area contributed by atoms with E-state index in [9.17, 15) is 27.2 Å². The van der Waals surface area contributed by atoms with Crippen LogP contribution in [0.5, 0.6) is 0 Å². The lowest BCUT2D eigenvalue weighted by atomic mass is 10.0. The molecule has 0 radical (unpaired) electrons. The Kier molecular flexibility index (Phi) is 10.5. The van der Waals surface area contributed by atoms with Gasteiger partial charge < -0.3 is 14.8 Å². The molecule has 0 bridgehead atoms. The molecule has 0 saturated carbocycles. The van der Waals surface area contributed by atoms with Crippen molar-refractivity contribution >= 4 is 28.4 Å². The Morgan fingerprint density at radius 1 is 1.00 bits per heavy atom. The fourth-order valence-electron chi connectivity index (χ4n) is 5.94. The number of benzene rings is 2. The second-order valence-corrected chi connectivity index (χ2v) is 12.6. The lowest BCUT2D eigenvalue weighted by Crippen LogP contribution is -2.36. The Morgan fingerprint density at radius 2 is 1.80 bits per heavy atom. The maximum atomic E-state index is 14.9. The molecular weight excluding hydrogens is 648 g/mol. The van der Waals surface area contributed by atoms with Crippen molar-refractivity contribution in [3.8, 4) is 0 Å². The zero-order valence-corrected chi connectivity index (χ0v) is 27.5. The van der Waals surface area contributed by atoms with Crippen LogP contribution in [0.2, 0.25) is 0 Å². The number of piperidine rings is 1. The molecule has 6 rings (SSSR count). The third-order valence-electron chi connectivity index (χ3n) is 8.76. The lowest BCUT2D eigenvalue weighted by Gasteiger charge is -2.30. The van der Waals surface area contributed by atoms with Crippen LogP contribution in [0.1, 0.15) is 64.2 Å². The normalized spacial score (nSPS) is 14.4. The van der Waals surface area contributed by atoms with E-state index in [0.29, 0.717) is 29.9 Å². The first-order valence-corrected chi connectivity index (χ1v) is 16.4. The van der Waals surface area contributed by atoms with Crippen molar-refractivity contribution in [2.24, 2.45) is 0 Å². The van der Waals surface area contributed by atoms with Crippen LogP contribution < -0.4 is 10.9 Å². The number of halogens is 4. The van der Waals surface area contributed by atoms with E-state index >= 15 is 0 Å². The molecule has 1 saturated heterocycles. The van der Waals surface area contributed by atoms with Crippen molar-refractivity contribution in [3.63, 3.8) is 0 Å². The van der Waals surface area contributed by atoms with E-state index in [4.69, 9.17) is 0 Å². The molecule has 0 unspecified atom stereocenters. The fourth-order valence-corrected chi connectivity index (χ4v) is 5.94. The number of alkyl halides is 3. The first-order chi connectivity index (χ1) is 24.0. The maximum absolute atomic E-state index is 14.9. The number of pyridine rings is 2. The lowest BCUT2D eigenvalue weighted by molar-refractivity contribution is -0.141. The molecule has 5 aromatic rings. The molecule has 50 heavy (non-hydrogen) atoms. The van der Waals surface area contributed by atoms with Gasteiger partial charge in [-0.25, -0.2) is 14.4 Å². The molecule has 0 amide bonds. The summed E-state index contributed by atoms with van der Waals surface area (Å²) < 4.78 is 54.6. The summed E-state index contributed by atoms with van der Waals surface area (Å²) in [5.41, 5.74) is 1.85. The van der Waals surface area contributed by atoms with Crippen LogP contribution in [-0.2, 0) is 19.1 Å². The van der Waals surface area contributed by atoms with Gasteiger partial charge in [-0.15, -0.1) is 0 Å². The molecule has 1 N–H and O–H groups in total. The molecule has 8 nitrogen and oxygen atoms in total. The van der Waals surface area contributed by atoms with Gasteiger partial charge in [-0.2, -0.15) is 13.2 Å². The number of hydrogen-bond donors (Lipinski definition) is 1. The van der Waals surface area contributed by atoms with E-state index < -0.39 is 17.4 Å². The van der Waals surface area contributed by atoms with Crippen molar-refractivity contribution in [2.45, 2.75) is 50.9 Å². The summed E-state index contributed by atoms with van der Waals surface area (Å²) in [6.07, 6.45) is 6.34. The molecule has 1 aliphatic heterocycles. The van der Waals surface area contributed by atoms with Crippen LogP contribution in [0.4, 0.5) is 23.2 Å². The van der Waals surface area contributed by atoms with Gasteiger partial charge >= 0.3 is 6.18 Å². The summed E-state index contributed by atoms with van der Waals surface area (Å²) in [5, 5.41) is 4.18. The number of anilines is 1. The molecule has 0 aliphatic carbocycles. The van der Waals surface area contributed by atoms with Crippen LogP contribution in [-0.4, -0.2) is 56.4 Å². The van der Waals surface area contributed by atoms with Gasteiger partial charge in [0.05, 0.1) is 23.3 Å². The zero-order valence-electron chi connectivity index (χ0n) is 27.5. The summed E-state index contributed by atoms with van der Waals surface area (Å²) in [7, 11) is 2.10. The highest BCUT2D eigenvalue weighted by Gasteiger charge is 2.32. The maximum Gasteiger partial charge on any atom is 0.433 e. The average Bonchev–Trinajstić information content (AvgIpc) is 3.09. The van der Waals surface area contributed by atoms with Gasteiger partial charge in [-0.1, -0.05) is 30.4 Å². The smallest absolute Gasteiger partial charge is 0.380 e. The number of nitrogens with one attached hydrogen (secondary N) is 1. The zero-order chi connectivity index (χ0) is 35.3. The minimum Gasteiger partial charge on any atom is -0.380 e. The number of Topliss-reactive ketones (excluding diaryl/α,β-unsaturated/α-hetero) is 1. The largest absolute Gasteiger partial charge is 0.433 e. The quantitative estimate of drug-likeness (QED) is 0.117. The van der Waals surface area contributed by atoms with E-state index in [-0.39, 0.29) is 36.2 Å².